The number of nitro groups is 1. The number of non-ortho nitro benzene ring substituents is 1. The number of oxime groups is 1. The van der Waals surface area contributed by atoms with Crippen LogP contribution >= 0.6 is 0 Å². The molecule has 2 amide bonds. The van der Waals surface area contributed by atoms with Crippen LogP contribution in [0, 0.1) is 27.9 Å². The summed E-state index contributed by atoms with van der Waals surface area (Å²) in [6, 6.07) is 29.7. The molecule has 0 saturated heterocycles. The van der Waals surface area contributed by atoms with Crippen molar-refractivity contribution in [3.63, 3.8) is 0 Å². The third kappa shape index (κ3) is 11.1. The van der Waals surface area contributed by atoms with Crippen LogP contribution in [0.3, 0.4) is 0 Å². The SMILES string of the molecule is C=CCOC12Oc3ccc(OC(=O)NCc4ccccc4)cc3C3C(CCCCO)C(CCCCO)C=C(C(=NOCc4ccccc4)CC1N(C)C(=O)C=Cc1ccc([N+](=O)[O-])cc1)C32. The van der Waals surface area contributed by atoms with E-state index in [1.165, 1.54) is 18.2 Å². The molecule has 1 aliphatic heterocycles. The normalized spacial score (nSPS) is 22.3. The first kappa shape index (κ1) is 47.4. The van der Waals surface area contributed by atoms with Gasteiger partial charge in [-0.05, 0) is 96.2 Å². The van der Waals surface area contributed by atoms with Crippen LogP contribution in [0.4, 0.5) is 10.5 Å². The Hall–Kier alpha value is -6.61. The molecule has 4 aromatic rings. The number of aliphatic hydroxyl groups is 2. The first-order chi connectivity index (χ1) is 32.1. The number of aliphatic hydroxyl groups excluding tert-OH is 2. The zero-order valence-electron chi connectivity index (χ0n) is 37.2. The number of carbonyl (C=O) groups excluding carboxylic acids is 2. The zero-order valence-corrected chi connectivity index (χ0v) is 37.2. The highest BCUT2D eigenvalue weighted by molar-refractivity contribution is 6.03. The predicted octanol–water partition coefficient (Wildman–Crippen LogP) is 8.89. The van der Waals surface area contributed by atoms with E-state index >= 15 is 0 Å². The largest absolute Gasteiger partial charge is 0.459 e. The number of allylic oxidation sites excluding steroid dienone is 1. The Morgan fingerprint density at radius 1 is 0.955 bits per heavy atom. The molecule has 6 atom stereocenters. The predicted molar refractivity (Wildman–Crippen MR) is 250 cm³/mol. The van der Waals surface area contributed by atoms with E-state index in [9.17, 15) is 29.9 Å². The van der Waals surface area contributed by atoms with Gasteiger partial charge in [0, 0.05) is 62.9 Å². The second kappa shape index (κ2) is 22.5. The van der Waals surface area contributed by atoms with Crippen molar-refractivity contribution in [1.29, 1.82) is 0 Å². The molecule has 66 heavy (non-hydrogen) atoms. The second-order valence-corrected chi connectivity index (χ2v) is 16.9. The summed E-state index contributed by atoms with van der Waals surface area (Å²) in [5, 5.41) is 38.9. The fraction of sp³-hybridized carbons (Fsp3) is 0.365. The molecule has 0 bridgehead atoms. The van der Waals surface area contributed by atoms with Gasteiger partial charge >= 0.3 is 6.09 Å². The molecule has 0 aromatic heterocycles. The molecule has 14 heteroatoms. The van der Waals surface area contributed by atoms with E-state index in [-0.39, 0.29) is 68.7 Å². The topological polar surface area (TPSA) is 182 Å². The Bertz CT molecular complexity index is 2390. The van der Waals surface area contributed by atoms with E-state index in [1.54, 1.807) is 48.4 Å². The number of benzene rings is 4. The van der Waals surface area contributed by atoms with Crippen molar-refractivity contribution in [3.05, 3.63) is 166 Å². The smallest absolute Gasteiger partial charge is 0.412 e. The zero-order chi connectivity index (χ0) is 46.5. The van der Waals surface area contributed by atoms with Crippen molar-refractivity contribution >= 4 is 29.5 Å². The number of nitrogens with zero attached hydrogens (tertiary/aromatic N) is 3. The molecule has 1 fully saturated rings. The van der Waals surface area contributed by atoms with Gasteiger partial charge in [-0.25, -0.2) is 4.79 Å². The summed E-state index contributed by atoms with van der Waals surface area (Å²) >= 11 is 0. The van der Waals surface area contributed by atoms with Crippen LogP contribution in [-0.4, -0.2) is 76.4 Å². The molecule has 6 unspecified atom stereocenters. The van der Waals surface area contributed by atoms with E-state index in [4.69, 9.17) is 24.2 Å². The molecule has 1 heterocycles. The summed E-state index contributed by atoms with van der Waals surface area (Å²) in [5.41, 5.74) is 4.69. The molecule has 14 nitrogen and oxygen atoms in total. The Morgan fingerprint density at radius 2 is 1.65 bits per heavy atom. The molecule has 4 aromatic carbocycles. The molecule has 0 radical (unpaired) electrons. The fourth-order valence-corrected chi connectivity index (χ4v) is 9.61. The third-order valence-electron chi connectivity index (χ3n) is 12.7. The number of amides is 2. The fourth-order valence-electron chi connectivity index (χ4n) is 9.61. The van der Waals surface area contributed by atoms with Crippen LogP contribution in [0.5, 0.6) is 11.5 Å². The number of hydrogen-bond donors (Lipinski definition) is 3. The minimum atomic E-state index is -1.50. The lowest BCUT2D eigenvalue weighted by molar-refractivity contribution is -0.384. The Kier molecular flexibility index (Phi) is 16.2. The van der Waals surface area contributed by atoms with Gasteiger partial charge in [0.05, 0.1) is 23.2 Å². The minimum Gasteiger partial charge on any atom is -0.459 e. The summed E-state index contributed by atoms with van der Waals surface area (Å²) in [7, 11) is 1.70. The lowest BCUT2D eigenvalue weighted by Gasteiger charge is -2.59. The minimum absolute atomic E-state index is 0.00634. The van der Waals surface area contributed by atoms with Crippen LogP contribution in [0.15, 0.2) is 139 Å². The average molecular weight is 899 g/mol. The molecule has 346 valence electrons. The summed E-state index contributed by atoms with van der Waals surface area (Å²) in [4.78, 5) is 46.3. The van der Waals surface area contributed by atoms with Crippen LogP contribution in [-0.2, 0) is 27.5 Å². The highest BCUT2D eigenvalue weighted by Gasteiger charge is 2.65. The summed E-state index contributed by atoms with van der Waals surface area (Å²) in [6.45, 7) is 4.66. The average Bonchev–Trinajstić information content (AvgIpc) is 3.33. The van der Waals surface area contributed by atoms with Crippen molar-refractivity contribution in [2.24, 2.45) is 22.9 Å². The highest BCUT2D eigenvalue weighted by Crippen LogP contribution is 2.61. The maximum atomic E-state index is 14.4. The Morgan fingerprint density at radius 3 is 2.33 bits per heavy atom. The van der Waals surface area contributed by atoms with E-state index in [0.717, 1.165) is 47.9 Å². The van der Waals surface area contributed by atoms with Gasteiger partial charge in [-0.2, -0.15) is 0 Å². The summed E-state index contributed by atoms with van der Waals surface area (Å²) < 4.78 is 20.1. The summed E-state index contributed by atoms with van der Waals surface area (Å²) in [6.07, 6.45) is 10.7. The number of ether oxygens (including phenoxy) is 3. The van der Waals surface area contributed by atoms with E-state index in [0.29, 0.717) is 35.6 Å². The molecule has 7 rings (SSSR count). The maximum absolute atomic E-state index is 14.4. The van der Waals surface area contributed by atoms with Crippen molar-refractivity contribution in [3.8, 4) is 11.5 Å². The number of carbonyl (C=O) groups is 2. The number of nitrogens with one attached hydrogen (secondary N) is 1. The second-order valence-electron chi connectivity index (χ2n) is 16.9. The number of fused-ring (bicyclic) bond motifs is 2. The van der Waals surface area contributed by atoms with Crippen LogP contribution in [0.25, 0.3) is 6.08 Å². The van der Waals surface area contributed by atoms with Gasteiger partial charge in [0.15, 0.2) is 0 Å². The molecular weight excluding hydrogens is 841 g/mol. The van der Waals surface area contributed by atoms with Crippen molar-refractivity contribution in [1.82, 2.24) is 10.2 Å². The standard InChI is InChI=1S/C52H58N4O10/c1-3-30-63-52-47(55(2)48(59)27-22-36-20-23-40(24-21-36)56(61)62)33-45(54-64-35-38-16-8-5-9-17-38)43-31-39(18-10-12-28-57)42(19-11-13-29-58)49(50(43)52)44-32-41(25-26-46(44)66-52)65-51(60)53-34-37-14-6-4-7-15-37/h3-9,14-17,20-27,31-32,39,42,47,49-50,57-58H,1,10-13,18-19,28-30,33-35H2,2H3,(H,53,60). The molecule has 2 aliphatic carbocycles. The highest BCUT2D eigenvalue weighted by atomic mass is 16.7. The van der Waals surface area contributed by atoms with Crippen molar-refractivity contribution in [2.45, 2.75) is 75.8 Å². The number of hydrogen-bond acceptors (Lipinski definition) is 11. The van der Waals surface area contributed by atoms with E-state index in [1.807, 2.05) is 66.7 Å². The Balaban J connectivity index is 1.35. The van der Waals surface area contributed by atoms with Gasteiger partial charge in [-0.3, -0.25) is 14.9 Å². The monoisotopic (exact) mass is 898 g/mol. The first-order valence-electron chi connectivity index (χ1n) is 22.6. The van der Waals surface area contributed by atoms with Crippen molar-refractivity contribution < 1.29 is 43.8 Å². The lowest BCUT2D eigenvalue weighted by atomic mass is 9.55. The summed E-state index contributed by atoms with van der Waals surface area (Å²) in [5.74, 6) is -2.01. The molecule has 0 spiro atoms. The van der Waals surface area contributed by atoms with Crippen LogP contribution < -0.4 is 14.8 Å². The van der Waals surface area contributed by atoms with Gasteiger partial charge in [-0.1, -0.05) is 90.8 Å². The van der Waals surface area contributed by atoms with Gasteiger partial charge in [0.2, 0.25) is 11.7 Å². The van der Waals surface area contributed by atoms with E-state index < -0.39 is 28.8 Å². The van der Waals surface area contributed by atoms with Gasteiger partial charge in [0.1, 0.15) is 24.1 Å². The van der Waals surface area contributed by atoms with Gasteiger partial charge < -0.3 is 39.5 Å². The molecule has 1 saturated carbocycles. The quantitative estimate of drug-likeness (QED) is 0.0240. The van der Waals surface area contributed by atoms with Crippen LogP contribution in [0.1, 0.15) is 73.1 Å². The Labute approximate surface area is 385 Å². The lowest BCUT2D eigenvalue weighted by Crippen LogP contribution is -2.69. The third-order valence-corrected chi connectivity index (χ3v) is 12.7. The molecule has 3 N–H and O–H groups in total. The van der Waals surface area contributed by atoms with Crippen LogP contribution in [0.2, 0.25) is 0 Å². The van der Waals surface area contributed by atoms with Gasteiger partial charge in [0.25, 0.3) is 5.69 Å². The number of unbranched alkanes of at least 4 members (excludes halogenated alkanes) is 2. The molecule has 3 aliphatic rings. The maximum Gasteiger partial charge on any atom is 0.412 e. The number of rotatable bonds is 21. The number of nitro benzene ring substituents is 1. The van der Waals surface area contributed by atoms with Crippen molar-refractivity contribution in [2.75, 3.05) is 26.9 Å². The first-order valence-corrected chi connectivity index (χ1v) is 22.6. The van der Waals surface area contributed by atoms with Gasteiger partial charge in [-0.15, -0.1) is 6.58 Å². The number of likely N-dealkylation sites (N-methyl/N-ethyl adjacent to an activating group) is 1. The molecular formula is C52H58N4O10. The van der Waals surface area contributed by atoms with E-state index in [2.05, 4.69) is 18.0 Å².